The summed E-state index contributed by atoms with van der Waals surface area (Å²) in [5.41, 5.74) is 0.285. The van der Waals surface area contributed by atoms with Gasteiger partial charge in [-0.2, -0.15) is 0 Å². The van der Waals surface area contributed by atoms with Crippen LogP contribution in [0, 0.1) is 17.8 Å². The Morgan fingerprint density at radius 3 is 2.29 bits per heavy atom. The molecule has 0 spiro atoms. The molecule has 1 saturated heterocycles. The number of hydrogen-bond acceptors (Lipinski definition) is 2. The third-order valence-electron chi connectivity index (χ3n) is 4.00. The van der Waals surface area contributed by atoms with Crippen molar-refractivity contribution in [2.75, 3.05) is 7.05 Å². The van der Waals surface area contributed by atoms with Gasteiger partial charge in [-0.25, -0.2) is 0 Å². The maximum atomic E-state index is 11.7. The molecule has 1 unspecified atom stereocenters. The second-order valence-corrected chi connectivity index (χ2v) is 4.71. The molecule has 1 rings (SSSR count). The largest absolute Gasteiger partial charge is 0.365 e. The van der Waals surface area contributed by atoms with Gasteiger partial charge in [0.15, 0.2) is 0 Å². The predicted molar refractivity (Wildman–Crippen MR) is 58.9 cm³/mol. The van der Waals surface area contributed by atoms with Crippen molar-refractivity contribution < 1.29 is 6.17 Å². The van der Waals surface area contributed by atoms with Gasteiger partial charge in [-0.15, -0.1) is 0 Å². The van der Waals surface area contributed by atoms with Crippen LogP contribution in [0.4, 0.5) is 0 Å². The van der Waals surface area contributed by atoms with E-state index in [0.717, 1.165) is 5.70 Å². The zero-order valence-corrected chi connectivity index (χ0v) is 9.79. The van der Waals surface area contributed by atoms with E-state index >= 15 is 0 Å². The molecule has 0 saturated carbocycles. The minimum atomic E-state index is -0.684. The van der Waals surface area contributed by atoms with Crippen molar-refractivity contribution in [3.63, 3.8) is 0 Å². The van der Waals surface area contributed by atoms with Gasteiger partial charge >= 0.3 is 0 Å². The van der Waals surface area contributed by atoms with E-state index in [1.54, 1.807) is 0 Å². The summed E-state index contributed by atoms with van der Waals surface area (Å²) < 4.78 is 7.57. The number of likely N-dealkylation sites (tertiary alicyclic amines) is 1. The van der Waals surface area contributed by atoms with Gasteiger partial charge in [0, 0.05) is 18.7 Å². The summed E-state index contributed by atoms with van der Waals surface area (Å²) in [5.74, 6) is 0.552. The van der Waals surface area contributed by atoms with Gasteiger partial charge < -0.3 is 9.69 Å². The van der Waals surface area contributed by atoms with Crippen LogP contribution >= 0.6 is 0 Å². The molecule has 1 aliphatic rings. The lowest BCUT2D eigenvalue weighted by Crippen LogP contribution is -2.51. The SMILES string of the molecule is [2H]C(=O)C1(C(C)C)[C@@H](C)[C@@H](C)C(=C)N1C. The van der Waals surface area contributed by atoms with E-state index in [1.165, 1.54) is 0 Å². The molecule has 0 N–H and O–H groups in total. The highest BCUT2D eigenvalue weighted by Crippen LogP contribution is 2.46. The van der Waals surface area contributed by atoms with Crippen molar-refractivity contribution in [1.29, 1.82) is 0 Å². The first kappa shape index (κ1) is 9.75. The first-order valence-corrected chi connectivity index (χ1v) is 5.21. The van der Waals surface area contributed by atoms with Crippen LogP contribution in [0.15, 0.2) is 12.3 Å². The number of nitrogens with zero attached hydrogens (tertiary/aromatic N) is 1. The van der Waals surface area contributed by atoms with Crippen LogP contribution in [0.1, 0.15) is 29.1 Å². The third-order valence-corrected chi connectivity index (χ3v) is 4.00. The zero-order valence-electron chi connectivity index (χ0n) is 10.8. The van der Waals surface area contributed by atoms with Crippen LogP contribution < -0.4 is 0 Å². The van der Waals surface area contributed by atoms with Gasteiger partial charge in [-0.3, -0.25) is 0 Å². The van der Waals surface area contributed by atoms with E-state index < -0.39 is 11.8 Å². The monoisotopic (exact) mass is 196 g/mol. The summed E-state index contributed by atoms with van der Waals surface area (Å²) in [7, 11) is 1.88. The topological polar surface area (TPSA) is 20.3 Å². The molecule has 14 heavy (non-hydrogen) atoms. The molecule has 1 fully saturated rings. The second-order valence-electron chi connectivity index (χ2n) is 4.71. The Morgan fingerprint density at radius 1 is 1.64 bits per heavy atom. The van der Waals surface area contributed by atoms with E-state index in [1.807, 2.05) is 32.7 Å². The highest BCUT2D eigenvalue weighted by molar-refractivity contribution is 5.67. The first-order chi connectivity index (χ1) is 6.77. The molecular weight excluding hydrogens is 174 g/mol. The van der Waals surface area contributed by atoms with Crippen molar-refractivity contribution in [3.05, 3.63) is 12.3 Å². The summed E-state index contributed by atoms with van der Waals surface area (Å²) in [4.78, 5) is 13.6. The summed E-state index contributed by atoms with van der Waals surface area (Å²) in [5, 5.41) is 0. The fraction of sp³-hybridized carbons (Fsp3) is 0.750. The molecule has 2 nitrogen and oxygen atoms in total. The minimum absolute atomic E-state index is 0.129. The number of carbonyl (C=O) groups excluding carboxylic acids is 1. The summed E-state index contributed by atoms with van der Waals surface area (Å²) >= 11 is 0. The van der Waals surface area contributed by atoms with Gasteiger partial charge in [0.2, 0.25) is 0 Å². The maximum absolute atomic E-state index is 11.7. The molecule has 0 aromatic heterocycles. The molecule has 1 heterocycles. The zero-order chi connectivity index (χ0) is 12.0. The molecule has 2 heteroatoms. The Morgan fingerprint density at radius 2 is 2.14 bits per heavy atom. The quantitative estimate of drug-likeness (QED) is 0.632. The predicted octanol–water partition coefficient (Wildman–Crippen LogP) is 2.31. The van der Waals surface area contributed by atoms with Gasteiger partial charge in [0.05, 0.1) is 0 Å². The van der Waals surface area contributed by atoms with E-state index in [0.29, 0.717) is 0 Å². The summed E-state index contributed by atoms with van der Waals surface area (Å²) in [6.07, 6.45) is -0.488. The Balaban J connectivity index is 3.30. The van der Waals surface area contributed by atoms with Gasteiger partial charge in [0.25, 0.3) is 0 Å². The van der Waals surface area contributed by atoms with Crippen LogP contribution in [0.3, 0.4) is 0 Å². The standard InChI is InChI=1S/C12H21NO/c1-8(2)12(7-14)10(4)9(3)11(5)13(12)6/h7-10H,5H2,1-4,6H3/t9-,10+,12?/m1/s1/i7D. The second kappa shape index (κ2) is 3.41. The number of rotatable bonds is 2. The number of allylic oxidation sites excluding steroid dienone is 1. The number of hydrogen-bond donors (Lipinski definition) is 0. The van der Waals surface area contributed by atoms with Crippen LogP contribution in [-0.4, -0.2) is 23.7 Å². The average Bonchev–Trinajstić information content (AvgIpc) is 2.29. The first-order valence-electron chi connectivity index (χ1n) is 5.71. The summed E-state index contributed by atoms with van der Waals surface area (Å²) in [6.45, 7) is 12.2. The minimum Gasteiger partial charge on any atom is -0.365 e. The Kier molecular flexibility index (Phi) is 2.38. The molecule has 0 radical (unpaired) electrons. The van der Waals surface area contributed by atoms with Gasteiger partial charge in [-0.05, 0) is 11.8 Å². The number of aldehydes is 1. The van der Waals surface area contributed by atoms with Crippen LogP contribution in [0.2, 0.25) is 0 Å². The average molecular weight is 196 g/mol. The molecule has 0 aromatic rings. The smallest absolute Gasteiger partial charge is 0.146 e. The molecular formula is C12H21NO. The normalized spacial score (nSPS) is 39.1. The molecule has 0 amide bonds. The van der Waals surface area contributed by atoms with E-state index in [4.69, 9.17) is 1.37 Å². The molecule has 1 aliphatic heterocycles. The lowest BCUT2D eigenvalue weighted by molar-refractivity contribution is -0.120. The van der Waals surface area contributed by atoms with E-state index in [2.05, 4.69) is 13.5 Å². The van der Waals surface area contributed by atoms with Gasteiger partial charge in [-0.1, -0.05) is 34.3 Å². The fourth-order valence-electron chi connectivity index (χ4n) is 2.71. The molecule has 0 bridgehead atoms. The lowest BCUT2D eigenvalue weighted by Gasteiger charge is -2.39. The van der Waals surface area contributed by atoms with Crippen LogP contribution in [-0.2, 0) is 4.79 Å². The number of likely N-dealkylation sites (N-methyl/N-ethyl adjacent to an activating group) is 1. The van der Waals surface area contributed by atoms with E-state index in [9.17, 15) is 4.79 Å². The van der Waals surface area contributed by atoms with Gasteiger partial charge in [0.1, 0.15) is 13.2 Å². The Hall–Kier alpha value is -0.790. The molecule has 80 valence electrons. The van der Waals surface area contributed by atoms with Crippen molar-refractivity contribution in [2.24, 2.45) is 17.8 Å². The van der Waals surface area contributed by atoms with Crippen molar-refractivity contribution in [2.45, 2.75) is 33.2 Å². The Bertz CT molecular complexity index is 300. The highest BCUT2D eigenvalue weighted by atomic mass is 16.1. The molecule has 3 atom stereocenters. The fourth-order valence-corrected chi connectivity index (χ4v) is 2.71. The molecule has 0 aliphatic carbocycles. The van der Waals surface area contributed by atoms with Crippen molar-refractivity contribution in [3.8, 4) is 0 Å². The Labute approximate surface area is 88.4 Å². The van der Waals surface area contributed by atoms with Crippen molar-refractivity contribution >= 4 is 6.26 Å². The van der Waals surface area contributed by atoms with Crippen molar-refractivity contribution in [1.82, 2.24) is 4.90 Å². The lowest BCUT2D eigenvalue weighted by atomic mass is 9.75. The maximum Gasteiger partial charge on any atom is 0.146 e. The van der Waals surface area contributed by atoms with Crippen LogP contribution in [0.25, 0.3) is 0 Å². The highest BCUT2D eigenvalue weighted by Gasteiger charge is 2.52. The molecule has 0 aromatic carbocycles. The van der Waals surface area contributed by atoms with Crippen LogP contribution in [0.5, 0.6) is 0 Å². The summed E-state index contributed by atoms with van der Waals surface area (Å²) in [6, 6.07) is 0. The third kappa shape index (κ3) is 1.13. The number of carbonyl (C=O) groups is 1. The van der Waals surface area contributed by atoms with E-state index in [-0.39, 0.29) is 17.8 Å².